The van der Waals surface area contributed by atoms with Crippen molar-refractivity contribution in [2.75, 3.05) is 24.4 Å². The van der Waals surface area contributed by atoms with Crippen LogP contribution in [-0.2, 0) is 9.53 Å². The van der Waals surface area contributed by atoms with Crippen LogP contribution in [0.5, 0.6) is 5.75 Å². The second-order valence-corrected chi connectivity index (χ2v) is 5.86. The Morgan fingerprint density at radius 3 is 2.34 bits per heavy atom. The number of benzene rings is 2. The number of amides is 2. The molecule has 0 unspecified atom stereocenters. The van der Waals surface area contributed by atoms with E-state index in [0.29, 0.717) is 22.7 Å². The van der Waals surface area contributed by atoms with Crippen molar-refractivity contribution in [3.63, 3.8) is 0 Å². The van der Waals surface area contributed by atoms with Gasteiger partial charge in [-0.3, -0.25) is 9.59 Å². The predicted molar refractivity (Wildman–Crippen MR) is 105 cm³/mol. The van der Waals surface area contributed by atoms with Gasteiger partial charge in [0, 0.05) is 23.0 Å². The Morgan fingerprint density at radius 1 is 0.897 bits per heavy atom. The Balaban J connectivity index is 1.59. The van der Waals surface area contributed by atoms with Crippen molar-refractivity contribution in [2.24, 2.45) is 0 Å². The molecule has 148 valence electrons. The average Bonchev–Trinajstić information content (AvgIpc) is 3.28. The minimum Gasteiger partial charge on any atom is -0.482 e. The number of anilines is 2. The van der Waals surface area contributed by atoms with Gasteiger partial charge in [0.25, 0.3) is 11.8 Å². The molecule has 0 spiro atoms. The number of nitrogens with one attached hydrogen (secondary N) is 2. The first kappa shape index (κ1) is 19.7. The predicted octanol–water partition coefficient (Wildman–Crippen LogP) is 3.34. The van der Waals surface area contributed by atoms with Crippen LogP contribution in [0, 0.1) is 0 Å². The monoisotopic (exact) mass is 394 g/mol. The largest absolute Gasteiger partial charge is 0.482 e. The van der Waals surface area contributed by atoms with Crippen molar-refractivity contribution in [1.82, 2.24) is 0 Å². The van der Waals surface area contributed by atoms with E-state index in [1.54, 1.807) is 60.7 Å². The first-order chi connectivity index (χ1) is 14.0. The molecule has 0 aliphatic heterocycles. The minimum absolute atomic E-state index is 0.195. The Bertz CT molecular complexity index is 996. The lowest BCUT2D eigenvalue weighted by atomic mass is 10.2. The summed E-state index contributed by atoms with van der Waals surface area (Å²) >= 11 is 0. The maximum absolute atomic E-state index is 12.4. The fourth-order valence-corrected chi connectivity index (χ4v) is 2.37. The Kier molecular flexibility index (Phi) is 6.26. The van der Waals surface area contributed by atoms with E-state index < -0.39 is 5.97 Å². The molecule has 1 heterocycles. The fraction of sp³-hybridized carbons (Fsp3) is 0.0952. The van der Waals surface area contributed by atoms with E-state index in [1.807, 2.05) is 0 Å². The van der Waals surface area contributed by atoms with Crippen molar-refractivity contribution >= 4 is 29.2 Å². The third-order valence-corrected chi connectivity index (χ3v) is 3.83. The summed E-state index contributed by atoms with van der Waals surface area (Å²) in [6, 6.07) is 16.2. The molecule has 0 atom stereocenters. The first-order valence-electron chi connectivity index (χ1n) is 8.61. The summed E-state index contributed by atoms with van der Waals surface area (Å²) in [5, 5.41) is 5.42. The van der Waals surface area contributed by atoms with Crippen LogP contribution < -0.4 is 15.4 Å². The SMILES string of the molecule is COC(=O)COc1cccc(NC(=O)c2ccc(NC(=O)c3ccco3)cc2)c1. The standard InChI is InChI=1S/C21H18N2O6/c1-27-19(24)13-29-17-5-2-4-16(12-17)23-20(25)14-7-9-15(10-8-14)22-21(26)18-6-3-11-28-18/h2-12H,13H2,1H3,(H,22,26)(H,23,25). The second-order valence-electron chi connectivity index (χ2n) is 5.86. The molecule has 8 nitrogen and oxygen atoms in total. The number of furan rings is 1. The normalized spacial score (nSPS) is 10.1. The Morgan fingerprint density at radius 2 is 1.66 bits per heavy atom. The highest BCUT2D eigenvalue weighted by molar-refractivity contribution is 6.05. The van der Waals surface area contributed by atoms with Gasteiger partial charge in [-0.15, -0.1) is 0 Å². The number of rotatable bonds is 7. The van der Waals surface area contributed by atoms with Crippen LogP contribution in [0.1, 0.15) is 20.9 Å². The third kappa shape index (κ3) is 5.46. The van der Waals surface area contributed by atoms with E-state index in [0.717, 1.165) is 0 Å². The summed E-state index contributed by atoms with van der Waals surface area (Å²) in [6.07, 6.45) is 1.41. The van der Waals surface area contributed by atoms with E-state index in [9.17, 15) is 14.4 Å². The number of ether oxygens (including phenoxy) is 2. The van der Waals surface area contributed by atoms with Gasteiger partial charge in [-0.2, -0.15) is 0 Å². The lowest BCUT2D eigenvalue weighted by Gasteiger charge is -2.09. The number of esters is 1. The van der Waals surface area contributed by atoms with E-state index in [4.69, 9.17) is 9.15 Å². The zero-order valence-corrected chi connectivity index (χ0v) is 15.5. The number of carbonyl (C=O) groups is 3. The van der Waals surface area contributed by atoms with Crippen LogP contribution in [0.3, 0.4) is 0 Å². The zero-order valence-electron chi connectivity index (χ0n) is 15.5. The summed E-state index contributed by atoms with van der Waals surface area (Å²) in [6.45, 7) is -0.223. The minimum atomic E-state index is -0.501. The summed E-state index contributed by atoms with van der Waals surface area (Å²) in [5.74, 6) is -0.598. The van der Waals surface area contributed by atoms with Gasteiger partial charge in [0.15, 0.2) is 12.4 Å². The molecule has 0 aliphatic rings. The molecule has 0 saturated carbocycles. The lowest BCUT2D eigenvalue weighted by Crippen LogP contribution is -2.14. The van der Waals surface area contributed by atoms with Gasteiger partial charge in [0.05, 0.1) is 13.4 Å². The van der Waals surface area contributed by atoms with Crippen molar-refractivity contribution in [3.05, 3.63) is 78.3 Å². The maximum atomic E-state index is 12.4. The molecular weight excluding hydrogens is 376 g/mol. The van der Waals surface area contributed by atoms with Crippen LogP contribution in [0.4, 0.5) is 11.4 Å². The van der Waals surface area contributed by atoms with Gasteiger partial charge in [-0.25, -0.2) is 4.79 Å². The van der Waals surface area contributed by atoms with Gasteiger partial charge >= 0.3 is 5.97 Å². The van der Waals surface area contributed by atoms with E-state index >= 15 is 0 Å². The van der Waals surface area contributed by atoms with Gasteiger partial charge < -0.3 is 24.5 Å². The zero-order chi connectivity index (χ0) is 20.6. The van der Waals surface area contributed by atoms with Crippen molar-refractivity contribution in [2.45, 2.75) is 0 Å². The molecule has 2 aromatic carbocycles. The van der Waals surface area contributed by atoms with Gasteiger partial charge in [-0.1, -0.05) is 6.07 Å². The van der Waals surface area contributed by atoms with E-state index in [-0.39, 0.29) is 24.2 Å². The fourth-order valence-electron chi connectivity index (χ4n) is 2.37. The number of carbonyl (C=O) groups excluding carboxylic acids is 3. The molecule has 3 rings (SSSR count). The summed E-state index contributed by atoms with van der Waals surface area (Å²) in [5.41, 5.74) is 1.44. The van der Waals surface area contributed by atoms with Crippen LogP contribution in [0.2, 0.25) is 0 Å². The Labute approximate surface area is 166 Å². The first-order valence-corrected chi connectivity index (χ1v) is 8.61. The van der Waals surface area contributed by atoms with Crippen LogP contribution >= 0.6 is 0 Å². The highest BCUT2D eigenvalue weighted by atomic mass is 16.6. The molecule has 2 amide bonds. The van der Waals surface area contributed by atoms with Crippen LogP contribution in [0.25, 0.3) is 0 Å². The van der Waals surface area contributed by atoms with Gasteiger partial charge in [0.1, 0.15) is 5.75 Å². The smallest absolute Gasteiger partial charge is 0.343 e. The molecule has 0 bridgehead atoms. The van der Waals surface area contributed by atoms with E-state index in [1.165, 1.54) is 13.4 Å². The summed E-state index contributed by atoms with van der Waals surface area (Å²) < 4.78 is 14.8. The van der Waals surface area contributed by atoms with Gasteiger partial charge in [-0.05, 0) is 48.5 Å². The summed E-state index contributed by atoms with van der Waals surface area (Å²) in [7, 11) is 1.27. The number of hydrogen-bond acceptors (Lipinski definition) is 6. The van der Waals surface area contributed by atoms with Crippen molar-refractivity contribution in [3.8, 4) is 5.75 Å². The molecule has 2 N–H and O–H groups in total. The van der Waals surface area contributed by atoms with E-state index in [2.05, 4.69) is 15.4 Å². The molecule has 1 aromatic heterocycles. The molecular formula is C21H18N2O6. The highest BCUT2D eigenvalue weighted by Crippen LogP contribution is 2.19. The van der Waals surface area contributed by atoms with Crippen molar-refractivity contribution < 1.29 is 28.3 Å². The number of hydrogen-bond donors (Lipinski definition) is 2. The molecule has 3 aromatic rings. The summed E-state index contributed by atoms with van der Waals surface area (Å²) in [4.78, 5) is 35.5. The topological polar surface area (TPSA) is 107 Å². The quantitative estimate of drug-likeness (QED) is 0.595. The average molecular weight is 394 g/mol. The molecule has 0 aliphatic carbocycles. The van der Waals surface area contributed by atoms with Gasteiger partial charge in [0.2, 0.25) is 0 Å². The maximum Gasteiger partial charge on any atom is 0.343 e. The Hall–Kier alpha value is -4.07. The molecule has 0 fully saturated rings. The number of methoxy groups -OCH3 is 1. The second kappa shape index (κ2) is 9.23. The van der Waals surface area contributed by atoms with Crippen LogP contribution in [-0.4, -0.2) is 31.5 Å². The third-order valence-electron chi connectivity index (χ3n) is 3.83. The molecule has 0 saturated heterocycles. The molecule has 0 radical (unpaired) electrons. The lowest BCUT2D eigenvalue weighted by molar-refractivity contribution is -0.142. The molecule has 8 heteroatoms. The highest BCUT2D eigenvalue weighted by Gasteiger charge is 2.11. The van der Waals surface area contributed by atoms with Crippen LogP contribution in [0.15, 0.2) is 71.3 Å². The van der Waals surface area contributed by atoms with Crippen molar-refractivity contribution in [1.29, 1.82) is 0 Å². The molecule has 29 heavy (non-hydrogen) atoms.